The standard InChI is InChI=1S/C26H22N2O4S/c1-2-31-26(30)32-22-13-11-20(12-14-22)24(29)27-16-18-7-6-10-21(15-18)25-28-23(17-33-25)19-8-4-3-5-9-19/h3-15,17H,2,16H2,1H3,(H,27,29). The molecule has 0 aliphatic heterocycles. The van der Waals surface area contributed by atoms with Gasteiger partial charge in [-0.05, 0) is 42.8 Å². The largest absolute Gasteiger partial charge is 0.513 e. The summed E-state index contributed by atoms with van der Waals surface area (Å²) in [4.78, 5) is 28.6. The molecule has 0 atom stereocenters. The Kier molecular flexibility index (Phi) is 7.12. The number of nitrogens with one attached hydrogen (secondary N) is 1. The summed E-state index contributed by atoms with van der Waals surface area (Å²) in [6.07, 6.45) is -0.772. The summed E-state index contributed by atoms with van der Waals surface area (Å²) in [6, 6.07) is 24.3. The number of carbonyl (C=O) groups is 2. The number of nitrogens with zero attached hydrogens (tertiary/aromatic N) is 1. The molecule has 1 N–H and O–H groups in total. The molecule has 0 fully saturated rings. The minimum atomic E-state index is -0.772. The Morgan fingerprint density at radius 3 is 2.45 bits per heavy atom. The molecule has 1 aromatic heterocycles. The van der Waals surface area contributed by atoms with Crippen LogP contribution in [0, 0.1) is 0 Å². The summed E-state index contributed by atoms with van der Waals surface area (Å²) in [6.45, 7) is 2.31. The predicted molar refractivity (Wildman–Crippen MR) is 128 cm³/mol. The van der Waals surface area contributed by atoms with Gasteiger partial charge in [0.05, 0.1) is 12.3 Å². The van der Waals surface area contributed by atoms with Crippen molar-refractivity contribution in [3.05, 3.63) is 95.4 Å². The molecule has 7 heteroatoms. The van der Waals surface area contributed by atoms with E-state index in [1.807, 2.05) is 54.6 Å². The Balaban J connectivity index is 1.37. The monoisotopic (exact) mass is 458 g/mol. The van der Waals surface area contributed by atoms with E-state index < -0.39 is 6.16 Å². The van der Waals surface area contributed by atoms with Crippen LogP contribution < -0.4 is 10.1 Å². The van der Waals surface area contributed by atoms with Crippen LogP contribution in [0.2, 0.25) is 0 Å². The van der Waals surface area contributed by atoms with Crippen LogP contribution in [0.5, 0.6) is 5.75 Å². The zero-order chi connectivity index (χ0) is 23.0. The summed E-state index contributed by atoms with van der Waals surface area (Å²) in [5.74, 6) is 0.0970. The van der Waals surface area contributed by atoms with Gasteiger partial charge in [-0.15, -0.1) is 11.3 Å². The van der Waals surface area contributed by atoms with Crippen molar-refractivity contribution in [3.63, 3.8) is 0 Å². The predicted octanol–water partition coefficient (Wildman–Crippen LogP) is 5.94. The van der Waals surface area contributed by atoms with E-state index in [9.17, 15) is 9.59 Å². The van der Waals surface area contributed by atoms with E-state index in [2.05, 4.69) is 10.7 Å². The third kappa shape index (κ3) is 5.84. The van der Waals surface area contributed by atoms with E-state index >= 15 is 0 Å². The number of carbonyl (C=O) groups excluding carboxylic acids is 2. The first-order valence-electron chi connectivity index (χ1n) is 10.5. The van der Waals surface area contributed by atoms with Crippen molar-refractivity contribution in [3.8, 4) is 27.6 Å². The van der Waals surface area contributed by atoms with E-state index in [1.54, 1.807) is 42.5 Å². The van der Waals surface area contributed by atoms with Gasteiger partial charge in [0.15, 0.2) is 0 Å². The first-order chi connectivity index (χ1) is 16.1. The van der Waals surface area contributed by atoms with Gasteiger partial charge >= 0.3 is 6.16 Å². The minimum Gasteiger partial charge on any atom is -0.434 e. The second-order valence-electron chi connectivity index (χ2n) is 7.10. The lowest BCUT2D eigenvalue weighted by Gasteiger charge is -2.08. The van der Waals surface area contributed by atoms with Crippen molar-refractivity contribution >= 4 is 23.4 Å². The lowest BCUT2D eigenvalue weighted by molar-refractivity contribution is 0.0951. The number of aromatic nitrogens is 1. The average Bonchev–Trinajstić information content (AvgIpc) is 3.34. The van der Waals surface area contributed by atoms with Crippen LogP contribution in [0.15, 0.2) is 84.2 Å². The Morgan fingerprint density at radius 1 is 0.939 bits per heavy atom. The molecule has 166 valence electrons. The van der Waals surface area contributed by atoms with E-state index in [0.29, 0.717) is 17.9 Å². The molecule has 0 radical (unpaired) electrons. The fourth-order valence-corrected chi connectivity index (χ4v) is 3.99. The Labute approximate surface area is 195 Å². The molecule has 1 heterocycles. The zero-order valence-electron chi connectivity index (χ0n) is 18.0. The first-order valence-corrected chi connectivity index (χ1v) is 11.3. The maximum absolute atomic E-state index is 12.5. The number of rotatable bonds is 7. The van der Waals surface area contributed by atoms with Crippen molar-refractivity contribution < 1.29 is 19.1 Å². The lowest BCUT2D eigenvalue weighted by atomic mass is 10.1. The summed E-state index contributed by atoms with van der Waals surface area (Å²) in [7, 11) is 0. The maximum atomic E-state index is 12.5. The molecule has 4 rings (SSSR count). The summed E-state index contributed by atoms with van der Waals surface area (Å²) < 4.78 is 9.74. The fraction of sp³-hybridized carbons (Fsp3) is 0.115. The molecular weight excluding hydrogens is 436 g/mol. The molecule has 0 aliphatic carbocycles. The van der Waals surface area contributed by atoms with Crippen molar-refractivity contribution in [2.45, 2.75) is 13.5 Å². The van der Waals surface area contributed by atoms with Crippen LogP contribution in [0.3, 0.4) is 0 Å². The lowest BCUT2D eigenvalue weighted by Crippen LogP contribution is -2.22. The van der Waals surface area contributed by atoms with Crippen molar-refractivity contribution in [2.24, 2.45) is 0 Å². The molecule has 0 saturated carbocycles. The van der Waals surface area contributed by atoms with Crippen molar-refractivity contribution in [1.82, 2.24) is 10.3 Å². The highest BCUT2D eigenvalue weighted by atomic mass is 32.1. The van der Waals surface area contributed by atoms with Gasteiger partial charge < -0.3 is 14.8 Å². The van der Waals surface area contributed by atoms with E-state index in [4.69, 9.17) is 14.5 Å². The second kappa shape index (κ2) is 10.6. The molecule has 4 aromatic rings. The van der Waals surface area contributed by atoms with Gasteiger partial charge in [-0.1, -0.05) is 48.5 Å². The number of ether oxygens (including phenoxy) is 2. The molecule has 0 aliphatic rings. The Hall–Kier alpha value is -3.97. The van der Waals surface area contributed by atoms with Gasteiger partial charge in [-0.25, -0.2) is 9.78 Å². The molecule has 6 nitrogen and oxygen atoms in total. The van der Waals surface area contributed by atoms with Gasteiger partial charge in [0, 0.05) is 28.6 Å². The molecule has 3 aromatic carbocycles. The third-order valence-corrected chi connectivity index (χ3v) is 5.67. The third-order valence-electron chi connectivity index (χ3n) is 4.78. The van der Waals surface area contributed by atoms with E-state index in [0.717, 1.165) is 27.4 Å². The van der Waals surface area contributed by atoms with Gasteiger partial charge in [0.25, 0.3) is 5.91 Å². The Bertz CT molecular complexity index is 1240. The SMILES string of the molecule is CCOC(=O)Oc1ccc(C(=O)NCc2cccc(-c3nc(-c4ccccc4)cs3)c2)cc1. The van der Waals surface area contributed by atoms with Gasteiger partial charge in [-0.2, -0.15) is 0 Å². The van der Waals surface area contributed by atoms with Gasteiger partial charge in [0.1, 0.15) is 10.8 Å². The van der Waals surface area contributed by atoms with Crippen LogP contribution in [-0.4, -0.2) is 23.7 Å². The summed E-state index contributed by atoms with van der Waals surface area (Å²) >= 11 is 1.59. The van der Waals surface area contributed by atoms with Crippen molar-refractivity contribution in [1.29, 1.82) is 0 Å². The second-order valence-corrected chi connectivity index (χ2v) is 7.95. The highest BCUT2D eigenvalue weighted by molar-refractivity contribution is 7.13. The van der Waals surface area contributed by atoms with E-state index in [-0.39, 0.29) is 12.5 Å². The quantitative estimate of drug-likeness (QED) is 0.274. The minimum absolute atomic E-state index is 0.219. The van der Waals surface area contributed by atoms with Gasteiger partial charge in [-0.3, -0.25) is 4.79 Å². The first kappa shape index (κ1) is 22.2. The summed E-state index contributed by atoms with van der Waals surface area (Å²) in [5.41, 5.74) is 4.48. The van der Waals surface area contributed by atoms with Crippen LogP contribution in [-0.2, 0) is 11.3 Å². The number of benzene rings is 3. The molecular formula is C26H22N2O4S. The molecule has 0 bridgehead atoms. The molecule has 0 unspecified atom stereocenters. The molecule has 0 saturated heterocycles. The molecule has 33 heavy (non-hydrogen) atoms. The molecule has 0 spiro atoms. The smallest absolute Gasteiger partial charge is 0.434 e. The number of thiazole rings is 1. The fourth-order valence-electron chi connectivity index (χ4n) is 3.16. The number of hydrogen-bond acceptors (Lipinski definition) is 6. The van der Waals surface area contributed by atoms with Crippen LogP contribution in [0.4, 0.5) is 4.79 Å². The maximum Gasteiger partial charge on any atom is 0.513 e. The Morgan fingerprint density at radius 2 is 1.70 bits per heavy atom. The number of amides is 1. The van der Waals surface area contributed by atoms with Crippen LogP contribution >= 0.6 is 11.3 Å². The van der Waals surface area contributed by atoms with Crippen LogP contribution in [0.1, 0.15) is 22.8 Å². The van der Waals surface area contributed by atoms with E-state index in [1.165, 1.54) is 0 Å². The molecule has 1 amide bonds. The summed E-state index contributed by atoms with van der Waals surface area (Å²) in [5, 5.41) is 5.90. The zero-order valence-corrected chi connectivity index (χ0v) is 18.8. The normalized spacial score (nSPS) is 10.5. The van der Waals surface area contributed by atoms with Crippen LogP contribution in [0.25, 0.3) is 21.8 Å². The topological polar surface area (TPSA) is 77.5 Å². The number of hydrogen-bond donors (Lipinski definition) is 1. The highest BCUT2D eigenvalue weighted by Gasteiger charge is 2.10. The highest BCUT2D eigenvalue weighted by Crippen LogP contribution is 2.29. The van der Waals surface area contributed by atoms with Gasteiger partial charge in [0.2, 0.25) is 0 Å². The van der Waals surface area contributed by atoms with Crippen molar-refractivity contribution in [2.75, 3.05) is 6.61 Å². The average molecular weight is 459 g/mol.